The Kier molecular flexibility index (Phi) is 5.06. The number of rotatable bonds is 3. The molecule has 9 heteroatoms. The summed E-state index contributed by atoms with van der Waals surface area (Å²) >= 11 is 0. The Balaban J connectivity index is 1.81. The van der Waals surface area contributed by atoms with E-state index in [0.29, 0.717) is 24.2 Å². The molecular formula is C21H25F2N7. The maximum Gasteiger partial charge on any atom is 0.265 e. The van der Waals surface area contributed by atoms with Gasteiger partial charge in [0, 0.05) is 54.5 Å². The second kappa shape index (κ2) is 7.43. The topological polar surface area (TPSA) is 81.0 Å². The number of hydrogen-bond donors (Lipinski definition) is 1. The number of halogens is 2. The molecule has 2 aliphatic rings. The molecule has 158 valence electrons. The third kappa shape index (κ3) is 3.35. The summed E-state index contributed by atoms with van der Waals surface area (Å²) in [5, 5.41) is 12.6. The Morgan fingerprint density at radius 2 is 1.97 bits per heavy atom. The smallest absolute Gasteiger partial charge is 0.265 e. The van der Waals surface area contributed by atoms with Gasteiger partial charge in [-0.3, -0.25) is 0 Å². The van der Waals surface area contributed by atoms with Crippen LogP contribution in [-0.2, 0) is 5.41 Å². The van der Waals surface area contributed by atoms with Crippen LogP contribution in [-0.4, -0.2) is 46.7 Å². The van der Waals surface area contributed by atoms with Gasteiger partial charge < -0.3 is 15.1 Å². The van der Waals surface area contributed by atoms with Crippen molar-refractivity contribution in [2.24, 2.45) is 0 Å². The molecular weight excluding hydrogens is 388 g/mol. The minimum atomic E-state index is -2.75. The number of piperazine rings is 1. The molecule has 2 atom stereocenters. The van der Waals surface area contributed by atoms with Crippen molar-refractivity contribution in [1.82, 2.24) is 20.3 Å². The number of aromatic nitrogens is 3. The zero-order valence-corrected chi connectivity index (χ0v) is 17.5. The highest BCUT2D eigenvalue weighted by atomic mass is 19.3. The molecule has 1 N–H and O–H groups in total. The van der Waals surface area contributed by atoms with Crippen LogP contribution in [0.1, 0.15) is 50.8 Å². The lowest BCUT2D eigenvalue weighted by Crippen LogP contribution is -2.55. The first-order valence-corrected chi connectivity index (χ1v) is 10.0. The van der Waals surface area contributed by atoms with Crippen molar-refractivity contribution in [3.8, 4) is 6.07 Å². The van der Waals surface area contributed by atoms with Crippen LogP contribution in [0, 0.1) is 11.3 Å². The number of fused-ring (bicyclic) bond motifs is 1. The Hall–Kier alpha value is -2.86. The molecule has 30 heavy (non-hydrogen) atoms. The van der Waals surface area contributed by atoms with Gasteiger partial charge in [-0.15, -0.1) is 0 Å². The number of pyridine rings is 1. The monoisotopic (exact) mass is 413 g/mol. The van der Waals surface area contributed by atoms with Gasteiger partial charge in [0.15, 0.2) is 0 Å². The molecule has 0 amide bonds. The van der Waals surface area contributed by atoms with Gasteiger partial charge in [-0.25, -0.2) is 23.7 Å². The summed E-state index contributed by atoms with van der Waals surface area (Å²) in [7, 11) is 0. The van der Waals surface area contributed by atoms with Gasteiger partial charge in [0.1, 0.15) is 29.9 Å². The second-order valence-corrected chi connectivity index (χ2v) is 8.72. The third-order valence-electron chi connectivity index (χ3n) is 5.88. The SMILES string of the molecule is C[C@@H]1CN(c2ncnc3c2C(C)(C)CN3c2cc(C(F)F)c(C#N)cn2)[C@@H](C)CN1. The predicted molar refractivity (Wildman–Crippen MR) is 110 cm³/mol. The number of hydrogen-bond acceptors (Lipinski definition) is 7. The first-order valence-electron chi connectivity index (χ1n) is 10.0. The highest BCUT2D eigenvalue weighted by molar-refractivity contribution is 5.74. The molecule has 0 aliphatic carbocycles. The van der Waals surface area contributed by atoms with Crippen molar-refractivity contribution in [2.45, 2.75) is 51.6 Å². The molecule has 1 saturated heterocycles. The zero-order valence-electron chi connectivity index (χ0n) is 17.5. The first-order chi connectivity index (χ1) is 14.2. The van der Waals surface area contributed by atoms with Gasteiger partial charge in [-0.2, -0.15) is 5.26 Å². The van der Waals surface area contributed by atoms with Crippen LogP contribution in [0.15, 0.2) is 18.6 Å². The van der Waals surface area contributed by atoms with E-state index in [1.54, 1.807) is 6.07 Å². The van der Waals surface area contributed by atoms with Crippen LogP contribution in [0.2, 0.25) is 0 Å². The van der Waals surface area contributed by atoms with Crippen molar-refractivity contribution in [2.75, 3.05) is 29.4 Å². The van der Waals surface area contributed by atoms with Crippen LogP contribution in [0.25, 0.3) is 0 Å². The molecule has 0 unspecified atom stereocenters. The molecule has 0 saturated carbocycles. The van der Waals surface area contributed by atoms with Crippen molar-refractivity contribution >= 4 is 17.5 Å². The zero-order chi connectivity index (χ0) is 21.6. The molecule has 4 rings (SSSR count). The molecule has 4 heterocycles. The van der Waals surface area contributed by atoms with E-state index in [0.717, 1.165) is 24.5 Å². The summed E-state index contributed by atoms with van der Waals surface area (Å²) in [6.45, 7) is 10.7. The number of nitriles is 1. The number of anilines is 3. The third-order valence-corrected chi connectivity index (χ3v) is 5.88. The quantitative estimate of drug-likeness (QED) is 0.827. The lowest BCUT2D eigenvalue weighted by molar-refractivity contribution is 0.151. The molecule has 0 aromatic carbocycles. The fraction of sp³-hybridized carbons (Fsp3) is 0.524. The first kappa shape index (κ1) is 20.4. The van der Waals surface area contributed by atoms with E-state index < -0.39 is 6.43 Å². The molecule has 2 aromatic rings. The summed E-state index contributed by atoms with van der Waals surface area (Å²) in [5.74, 6) is 1.93. The Labute approximate surface area is 174 Å². The van der Waals surface area contributed by atoms with Gasteiger partial charge in [-0.1, -0.05) is 13.8 Å². The summed E-state index contributed by atoms with van der Waals surface area (Å²) < 4.78 is 27.0. The van der Waals surface area contributed by atoms with E-state index in [1.807, 2.05) is 4.90 Å². The normalized spacial score (nSPS) is 22.9. The minimum Gasteiger partial charge on any atom is -0.351 e. The summed E-state index contributed by atoms with van der Waals surface area (Å²) in [5.41, 5.74) is 0.267. The molecule has 2 aromatic heterocycles. The number of nitrogens with zero attached hydrogens (tertiary/aromatic N) is 6. The van der Waals surface area contributed by atoms with Crippen molar-refractivity contribution in [1.29, 1.82) is 5.26 Å². The van der Waals surface area contributed by atoms with E-state index in [1.165, 1.54) is 18.6 Å². The summed E-state index contributed by atoms with van der Waals surface area (Å²) in [4.78, 5) is 17.6. The maximum atomic E-state index is 13.5. The molecule has 0 spiro atoms. The van der Waals surface area contributed by atoms with Gasteiger partial charge >= 0.3 is 0 Å². The molecule has 1 fully saturated rings. The van der Waals surface area contributed by atoms with Crippen LogP contribution in [0.4, 0.5) is 26.2 Å². The van der Waals surface area contributed by atoms with E-state index >= 15 is 0 Å². The average molecular weight is 413 g/mol. The van der Waals surface area contributed by atoms with Crippen LogP contribution in [0.3, 0.4) is 0 Å². The van der Waals surface area contributed by atoms with E-state index in [2.05, 4.69) is 52.9 Å². The molecule has 2 aliphatic heterocycles. The van der Waals surface area contributed by atoms with Crippen LogP contribution in [0.5, 0.6) is 0 Å². The van der Waals surface area contributed by atoms with Crippen LogP contribution >= 0.6 is 0 Å². The van der Waals surface area contributed by atoms with Gasteiger partial charge in [-0.05, 0) is 19.9 Å². The Morgan fingerprint density at radius 3 is 2.67 bits per heavy atom. The average Bonchev–Trinajstić information content (AvgIpc) is 3.00. The Bertz CT molecular complexity index is 1000. The van der Waals surface area contributed by atoms with Crippen molar-refractivity contribution in [3.05, 3.63) is 35.3 Å². The minimum absolute atomic E-state index is 0.112. The second-order valence-electron chi connectivity index (χ2n) is 8.72. The summed E-state index contributed by atoms with van der Waals surface area (Å²) in [6, 6.07) is 3.69. The Morgan fingerprint density at radius 1 is 1.23 bits per heavy atom. The van der Waals surface area contributed by atoms with Gasteiger partial charge in [0.05, 0.1) is 5.56 Å². The fourth-order valence-electron chi connectivity index (χ4n) is 4.33. The van der Waals surface area contributed by atoms with Crippen LogP contribution < -0.4 is 15.1 Å². The molecule has 0 bridgehead atoms. The van der Waals surface area contributed by atoms with E-state index in [-0.39, 0.29) is 22.6 Å². The van der Waals surface area contributed by atoms with E-state index in [4.69, 9.17) is 5.26 Å². The lowest BCUT2D eigenvalue weighted by Gasteiger charge is -2.40. The standard InChI is InChI=1S/C21H25F2N7/c1-12-9-29(13(2)7-25-12)19-17-20(28-11-27-19)30(10-21(17,3)4)16-5-15(18(22)23)14(6-24)8-26-16/h5,8,11-13,18,25H,7,9-10H2,1-4H3/t12-,13+/m1/s1. The predicted octanol–water partition coefficient (Wildman–Crippen LogP) is 3.30. The number of alkyl halides is 2. The van der Waals surface area contributed by atoms with Gasteiger partial charge in [0.2, 0.25) is 0 Å². The maximum absolute atomic E-state index is 13.5. The lowest BCUT2D eigenvalue weighted by atomic mass is 9.87. The summed E-state index contributed by atoms with van der Waals surface area (Å²) in [6.07, 6.45) is -0.00969. The molecule has 7 nitrogen and oxygen atoms in total. The highest BCUT2D eigenvalue weighted by Crippen LogP contribution is 2.47. The van der Waals surface area contributed by atoms with Crippen molar-refractivity contribution < 1.29 is 8.78 Å². The van der Waals surface area contributed by atoms with Gasteiger partial charge in [0.25, 0.3) is 6.43 Å². The fourth-order valence-corrected chi connectivity index (χ4v) is 4.33. The van der Waals surface area contributed by atoms with E-state index in [9.17, 15) is 8.78 Å². The van der Waals surface area contributed by atoms with Crippen molar-refractivity contribution in [3.63, 3.8) is 0 Å². The molecule has 0 radical (unpaired) electrons. The highest BCUT2D eigenvalue weighted by Gasteiger charge is 2.42. The largest absolute Gasteiger partial charge is 0.351 e. The number of nitrogens with one attached hydrogen (secondary N) is 1.